The molecular formula is C101H145N7O20. The number of carbonyl (C=O) groups is 8. The van der Waals surface area contributed by atoms with Crippen molar-refractivity contribution in [3.63, 3.8) is 0 Å². The summed E-state index contributed by atoms with van der Waals surface area (Å²) < 4.78 is 48.9. The number of carbonyl (C=O) groups excluding carboxylic acids is 8. The summed E-state index contributed by atoms with van der Waals surface area (Å²) >= 11 is 0. The predicted octanol–water partition coefficient (Wildman–Crippen LogP) is 19.3. The van der Waals surface area contributed by atoms with Gasteiger partial charge in [0.2, 0.25) is 11.8 Å². The number of para-hydroxylation sites is 4. The van der Waals surface area contributed by atoms with Gasteiger partial charge in [-0.2, -0.15) is 0 Å². The molecule has 0 saturated heterocycles. The minimum Gasteiger partial charge on any atom is -0.461 e. The standard InChI is InChI=1S/C31H40N2O6.C24H37NO5.C24H35NO5.C22H33N3O4/c1-31(2,3)39-30(36)32-19-22-15-13-21(14-16-22)17-24(18-27(34)37-20-23-9-5-4-6-10-23)28(35)29-33-25-11-7-8-12-26(25)38-29;2*1-24(2,3)30-23(28)25-15-19-11-9-18(10-12-19)13-21(16-26)14-22(27)29-17-20-7-5-4-6-8-20;1-22(2,3)29-21(27)24-13-15-10-8-14(9-11-15)12-16(23)19(26)20-25-17-6-4-5-7-18(17)28-20/h4-12,21-22,24,28,35H,13-20H2,1-3H3,(H,32,36);4-8,18-19,21,26H,9-17H2,1-3H3,(H,25,28);4-8,16,18-19,21H,9-15,17H2,1-3H3,(H,25,28);4-7,14-16,19,26H,8-13,23H2,1-3H3,(H,24,27)/t21?,22?,24-,28?;2*18?,19?,21-;14?,15?,16-,19?/m1110/s1. The van der Waals surface area contributed by atoms with E-state index >= 15 is 0 Å². The van der Waals surface area contributed by atoms with Crippen molar-refractivity contribution >= 4 is 70.8 Å². The molecule has 27 nitrogen and oxygen atoms in total. The molecule has 2 aromatic heterocycles. The van der Waals surface area contributed by atoms with Gasteiger partial charge in [0.25, 0.3) is 0 Å². The number of esters is 3. The number of hydrogen-bond donors (Lipinski definition) is 8. The van der Waals surface area contributed by atoms with Crippen molar-refractivity contribution in [2.24, 2.45) is 70.8 Å². The Morgan fingerprint density at radius 2 is 0.680 bits per heavy atom. The van der Waals surface area contributed by atoms with E-state index < -0.39 is 40.7 Å². The van der Waals surface area contributed by atoms with E-state index in [-0.39, 0.29) is 118 Å². The zero-order chi connectivity index (χ0) is 92.8. The SMILES string of the molecule is CC(C)(C)OC(=O)NCC1CCC(C[C@@H](C=O)CC(=O)OCc2ccccc2)CC1.CC(C)(C)OC(=O)NCC1CCC(C[C@@H](CO)CC(=O)OCc2ccccc2)CC1.CC(C)(C)OC(=O)NCC1CCC(C[C@H](CC(=O)OCc2ccccc2)C(O)c2nc3ccccc3o2)CC1.CC(C)(C)OC(=O)NCC1CCC(C[C@H](N)C(O)c2nc3ccccc3o2)CC1. The summed E-state index contributed by atoms with van der Waals surface area (Å²) in [5.41, 5.74) is 9.78. The molecule has 2 heterocycles. The average Bonchev–Trinajstić information content (AvgIpc) is 1.68. The van der Waals surface area contributed by atoms with Crippen LogP contribution in [0.1, 0.15) is 271 Å². The first kappa shape index (κ1) is 103. The maximum atomic E-state index is 12.8. The van der Waals surface area contributed by atoms with Crippen LogP contribution in [-0.4, -0.2) is 135 Å². The van der Waals surface area contributed by atoms with Crippen molar-refractivity contribution in [3.05, 3.63) is 168 Å². The molecule has 11 rings (SSSR count). The second kappa shape index (κ2) is 52.0. The Kier molecular flexibility index (Phi) is 42.0. The highest BCUT2D eigenvalue weighted by Crippen LogP contribution is 2.41. The van der Waals surface area contributed by atoms with Crippen molar-refractivity contribution in [2.45, 2.75) is 291 Å². The zero-order valence-electron chi connectivity index (χ0n) is 77.6. The van der Waals surface area contributed by atoms with Crippen molar-refractivity contribution < 1.29 is 95.7 Å². The molecule has 4 aliphatic rings. The Balaban J connectivity index is 0.000000213. The highest BCUT2D eigenvalue weighted by Gasteiger charge is 2.36. The fourth-order valence-corrected chi connectivity index (χ4v) is 16.9. The quantitative estimate of drug-likeness (QED) is 0.0105. The number of fused-ring (bicyclic) bond motifs is 2. The highest BCUT2D eigenvalue weighted by molar-refractivity contribution is 5.75. The number of amides is 4. The lowest BCUT2D eigenvalue weighted by Crippen LogP contribution is -2.37. The third-order valence-corrected chi connectivity index (χ3v) is 23.6. The summed E-state index contributed by atoms with van der Waals surface area (Å²) in [5, 5.41) is 43.1. The van der Waals surface area contributed by atoms with Gasteiger partial charge in [0.05, 0.1) is 19.3 Å². The number of hydrogen-bond acceptors (Lipinski definition) is 23. The number of nitrogens with two attached hydrogens (primary N) is 1. The van der Waals surface area contributed by atoms with Gasteiger partial charge in [0, 0.05) is 50.7 Å². The van der Waals surface area contributed by atoms with Gasteiger partial charge in [-0.05, 0) is 254 Å². The van der Waals surface area contributed by atoms with Crippen molar-refractivity contribution in [1.29, 1.82) is 0 Å². The first-order chi connectivity index (χ1) is 60.9. The van der Waals surface area contributed by atoms with Crippen LogP contribution >= 0.6 is 0 Å². The first-order valence-corrected chi connectivity index (χ1v) is 46.2. The topological polar surface area (TPSA) is 388 Å². The third kappa shape index (κ3) is 40.4. The lowest BCUT2D eigenvalue weighted by molar-refractivity contribution is -0.148. The molecule has 2 unspecified atom stereocenters. The molecule has 7 aromatic rings. The van der Waals surface area contributed by atoms with Crippen molar-refractivity contribution in [3.8, 4) is 0 Å². The van der Waals surface area contributed by atoms with Gasteiger partial charge in [0.1, 0.15) is 71.8 Å². The van der Waals surface area contributed by atoms with Gasteiger partial charge >= 0.3 is 42.3 Å². The molecular weight excluding hydrogens is 1630 g/mol. The van der Waals surface area contributed by atoms with Crippen LogP contribution in [0.15, 0.2) is 148 Å². The summed E-state index contributed by atoms with van der Waals surface area (Å²) in [6, 6.07) is 43.1. The number of aldehydes is 1. The number of rotatable bonds is 34. The van der Waals surface area contributed by atoms with Crippen molar-refractivity contribution in [1.82, 2.24) is 31.2 Å². The number of aliphatic hydroxyl groups is 3. The van der Waals surface area contributed by atoms with Crippen molar-refractivity contribution in [2.75, 3.05) is 32.8 Å². The zero-order valence-corrected chi connectivity index (χ0v) is 77.6. The van der Waals surface area contributed by atoms with E-state index in [0.717, 1.165) is 150 Å². The van der Waals surface area contributed by atoms with Crippen LogP contribution in [0.2, 0.25) is 0 Å². The van der Waals surface area contributed by atoms with Gasteiger partial charge in [-0.25, -0.2) is 29.1 Å². The summed E-state index contributed by atoms with van der Waals surface area (Å²) in [5.74, 6) is 2.29. The normalized spacial score (nSPS) is 20.4. The molecule has 6 atom stereocenters. The monoisotopic (exact) mass is 1780 g/mol. The lowest BCUT2D eigenvalue weighted by atomic mass is 9.76. The number of aromatic nitrogens is 2. The van der Waals surface area contributed by atoms with E-state index in [2.05, 4.69) is 31.2 Å². The van der Waals surface area contributed by atoms with E-state index in [0.29, 0.717) is 96.6 Å². The molecule has 27 heteroatoms. The molecule has 704 valence electrons. The van der Waals surface area contributed by atoms with Crippen LogP contribution in [0.4, 0.5) is 19.2 Å². The molecule has 4 aliphatic carbocycles. The summed E-state index contributed by atoms with van der Waals surface area (Å²) in [6.45, 7) is 25.4. The van der Waals surface area contributed by atoms with E-state index in [1.807, 2.05) is 223 Å². The Morgan fingerprint density at radius 3 is 1.01 bits per heavy atom. The molecule has 0 spiro atoms. The molecule has 4 amide bonds. The Hall–Kier alpha value is -9.96. The number of oxazole rings is 2. The Labute approximate surface area is 756 Å². The molecule has 0 radical (unpaired) electrons. The molecule has 128 heavy (non-hydrogen) atoms. The number of alkyl carbamates (subject to hydrolysis) is 4. The van der Waals surface area contributed by atoms with Gasteiger partial charge in [-0.1, -0.05) is 167 Å². The fraction of sp³-hybridized carbons (Fsp3) is 0.604. The molecule has 4 saturated carbocycles. The maximum Gasteiger partial charge on any atom is 0.407 e. The molecule has 0 aliphatic heterocycles. The van der Waals surface area contributed by atoms with Gasteiger partial charge < -0.3 is 89.1 Å². The third-order valence-electron chi connectivity index (χ3n) is 23.6. The number of aliphatic hydroxyl groups excluding tert-OH is 3. The number of benzene rings is 5. The minimum absolute atomic E-state index is 0.000561. The largest absolute Gasteiger partial charge is 0.461 e. The van der Waals surface area contributed by atoms with Gasteiger partial charge in [-0.15, -0.1) is 0 Å². The van der Waals surface area contributed by atoms with Crippen LogP contribution in [-0.2, 0) is 72.2 Å². The fourth-order valence-electron chi connectivity index (χ4n) is 16.9. The summed E-state index contributed by atoms with van der Waals surface area (Å²) in [7, 11) is 0. The first-order valence-electron chi connectivity index (χ1n) is 46.2. The average molecular weight is 1780 g/mol. The number of nitrogens with one attached hydrogen (secondary N) is 4. The van der Waals surface area contributed by atoms with Crippen LogP contribution in [0.3, 0.4) is 0 Å². The summed E-state index contributed by atoms with van der Waals surface area (Å²) in [6.07, 6.45) is 17.1. The van der Waals surface area contributed by atoms with E-state index in [4.69, 9.17) is 47.7 Å². The molecule has 0 bridgehead atoms. The minimum atomic E-state index is -1.02. The summed E-state index contributed by atoms with van der Waals surface area (Å²) in [4.78, 5) is 105. The van der Waals surface area contributed by atoms with Gasteiger partial charge in [-0.3, -0.25) is 14.4 Å². The molecule has 5 aromatic carbocycles. The van der Waals surface area contributed by atoms with Crippen LogP contribution in [0, 0.1) is 65.1 Å². The Bertz CT molecular complexity index is 4380. The van der Waals surface area contributed by atoms with Crippen LogP contribution in [0.5, 0.6) is 0 Å². The lowest BCUT2D eigenvalue weighted by Gasteiger charge is -2.32. The van der Waals surface area contributed by atoms with E-state index in [1.54, 1.807) is 0 Å². The second-order valence-electron chi connectivity index (χ2n) is 39.4. The van der Waals surface area contributed by atoms with Crippen LogP contribution < -0.4 is 27.0 Å². The highest BCUT2D eigenvalue weighted by atomic mass is 16.6. The van der Waals surface area contributed by atoms with E-state index in [9.17, 15) is 53.7 Å². The smallest absolute Gasteiger partial charge is 0.407 e. The number of ether oxygens (including phenoxy) is 7. The second-order valence-corrected chi connectivity index (χ2v) is 39.4. The molecule has 9 N–H and O–H groups in total. The van der Waals surface area contributed by atoms with Gasteiger partial charge in [0.15, 0.2) is 11.2 Å². The maximum absolute atomic E-state index is 12.8. The molecule has 4 fully saturated rings. The Morgan fingerprint density at radius 1 is 0.391 bits per heavy atom. The van der Waals surface area contributed by atoms with Crippen LogP contribution in [0.25, 0.3) is 22.2 Å². The number of nitrogens with zero attached hydrogens (tertiary/aromatic N) is 2. The predicted molar refractivity (Wildman–Crippen MR) is 489 cm³/mol. The van der Waals surface area contributed by atoms with E-state index in [1.165, 1.54) is 0 Å².